The minimum absolute atomic E-state index is 0. The molecule has 2 heterocycles. The van der Waals surface area contributed by atoms with E-state index in [-0.39, 0.29) is 29.8 Å². The van der Waals surface area contributed by atoms with Gasteiger partial charge in [0.2, 0.25) is 0 Å². The molecule has 0 atom stereocenters. The van der Waals surface area contributed by atoms with Crippen LogP contribution in [-0.4, -0.2) is 68.7 Å². The molecular weight excluding hydrogens is 494 g/mol. The van der Waals surface area contributed by atoms with E-state index in [0.717, 1.165) is 76.0 Å². The van der Waals surface area contributed by atoms with Crippen LogP contribution in [0.1, 0.15) is 12.1 Å². The van der Waals surface area contributed by atoms with E-state index in [2.05, 4.69) is 30.4 Å². The van der Waals surface area contributed by atoms with Crippen molar-refractivity contribution in [3.8, 4) is 0 Å². The van der Waals surface area contributed by atoms with E-state index in [1.54, 1.807) is 13.1 Å². The normalized spacial score (nSPS) is 14.9. The number of aliphatic imine (C=N–C) groups is 1. The van der Waals surface area contributed by atoms with Gasteiger partial charge in [-0.05, 0) is 37.2 Å². The van der Waals surface area contributed by atoms with Gasteiger partial charge in [-0.1, -0.05) is 18.2 Å². The Labute approximate surface area is 196 Å². The molecule has 0 saturated carbocycles. The quantitative estimate of drug-likeness (QED) is 0.240. The lowest BCUT2D eigenvalue weighted by Gasteiger charge is -2.36. The Morgan fingerprint density at radius 3 is 2.47 bits per heavy atom. The first-order valence-corrected chi connectivity index (χ1v) is 10.3. The van der Waals surface area contributed by atoms with Crippen molar-refractivity contribution in [2.24, 2.45) is 4.99 Å². The minimum Gasteiger partial charge on any atom is -0.367 e. The molecule has 30 heavy (non-hydrogen) atoms. The molecule has 1 aliphatic heterocycles. The predicted octanol–water partition coefficient (Wildman–Crippen LogP) is 2.76. The van der Waals surface area contributed by atoms with Crippen molar-refractivity contribution in [1.29, 1.82) is 0 Å². The second kappa shape index (κ2) is 13.4. The number of para-hydroxylation sites is 1. The topological polar surface area (TPSA) is 55.8 Å². The summed E-state index contributed by atoms with van der Waals surface area (Å²) in [6, 6.07) is 13.0. The molecule has 2 aromatic rings. The van der Waals surface area contributed by atoms with Crippen LogP contribution in [0.3, 0.4) is 0 Å². The lowest BCUT2D eigenvalue weighted by molar-refractivity contribution is 0.254. The van der Waals surface area contributed by atoms with E-state index in [1.165, 1.54) is 6.07 Å². The van der Waals surface area contributed by atoms with E-state index in [0.29, 0.717) is 0 Å². The predicted molar refractivity (Wildman–Crippen MR) is 132 cm³/mol. The zero-order valence-corrected chi connectivity index (χ0v) is 19.9. The highest BCUT2D eigenvalue weighted by atomic mass is 127. The number of pyridine rings is 1. The van der Waals surface area contributed by atoms with Crippen molar-refractivity contribution >= 4 is 35.6 Å². The minimum atomic E-state index is -0.132. The zero-order chi connectivity index (χ0) is 20.3. The fourth-order valence-corrected chi connectivity index (χ4v) is 3.51. The summed E-state index contributed by atoms with van der Waals surface area (Å²) in [6.45, 7) is 6.36. The van der Waals surface area contributed by atoms with Crippen molar-refractivity contribution < 1.29 is 4.39 Å². The highest BCUT2D eigenvalue weighted by Gasteiger charge is 2.18. The summed E-state index contributed by atoms with van der Waals surface area (Å²) in [5, 5.41) is 6.70. The van der Waals surface area contributed by atoms with Crippen LogP contribution in [0.2, 0.25) is 0 Å². The Balaban J connectivity index is 0.00000320. The molecule has 2 N–H and O–H groups in total. The van der Waals surface area contributed by atoms with Crippen molar-refractivity contribution in [2.45, 2.75) is 12.8 Å². The summed E-state index contributed by atoms with van der Waals surface area (Å²) in [6.07, 6.45) is 3.73. The monoisotopic (exact) mass is 526 g/mol. The van der Waals surface area contributed by atoms with Gasteiger partial charge in [-0.15, -0.1) is 24.0 Å². The number of benzene rings is 1. The van der Waals surface area contributed by atoms with Gasteiger partial charge in [0.15, 0.2) is 5.96 Å². The summed E-state index contributed by atoms with van der Waals surface area (Å²) >= 11 is 0. The average Bonchev–Trinajstić information content (AvgIpc) is 2.77. The standard InChI is InChI=1S/C22H31FN6.HI/c1-24-22(27-13-10-19-7-4-5-11-25-19)26-12-6-14-28-15-17-29(18-16-28)21-9-3-2-8-20(21)23;/h2-5,7-9,11H,6,10,12-18H2,1H3,(H2,24,26,27);1H. The molecule has 0 unspecified atom stereocenters. The molecule has 0 amide bonds. The van der Waals surface area contributed by atoms with Crippen LogP contribution in [0.5, 0.6) is 0 Å². The highest BCUT2D eigenvalue weighted by Crippen LogP contribution is 2.20. The van der Waals surface area contributed by atoms with Crippen molar-refractivity contribution in [2.75, 3.05) is 57.8 Å². The molecular formula is C22H32FIN6. The second-order valence-corrected chi connectivity index (χ2v) is 7.13. The number of halogens is 2. The summed E-state index contributed by atoms with van der Waals surface area (Å²) in [5.74, 6) is 0.692. The number of rotatable bonds is 8. The maximum Gasteiger partial charge on any atom is 0.190 e. The SMILES string of the molecule is CN=C(NCCCN1CCN(c2ccccc2F)CC1)NCCc1ccccn1.I. The summed E-state index contributed by atoms with van der Waals surface area (Å²) < 4.78 is 13.9. The van der Waals surface area contributed by atoms with Crippen LogP contribution in [0, 0.1) is 5.82 Å². The molecule has 1 saturated heterocycles. The van der Waals surface area contributed by atoms with Gasteiger partial charge in [0, 0.05) is 64.6 Å². The van der Waals surface area contributed by atoms with Crippen LogP contribution in [0.4, 0.5) is 10.1 Å². The van der Waals surface area contributed by atoms with Gasteiger partial charge >= 0.3 is 0 Å². The lowest BCUT2D eigenvalue weighted by atomic mass is 10.2. The average molecular weight is 526 g/mol. The maximum absolute atomic E-state index is 13.9. The third-order valence-electron chi connectivity index (χ3n) is 5.13. The Hall–Kier alpha value is -1.94. The van der Waals surface area contributed by atoms with Crippen molar-refractivity contribution in [1.82, 2.24) is 20.5 Å². The first kappa shape index (κ1) is 24.3. The number of nitrogens with one attached hydrogen (secondary N) is 2. The van der Waals surface area contributed by atoms with E-state index in [4.69, 9.17) is 0 Å². The van der Waals surface area contributed by atoms with Gasteiger partial charge < -0.3 is 15.5 Å². The van der Waals surface area contributed by atoms with Gasteiger partial charge in [-0.2, -0.15) is 0 Å². The Kier molecular flexibility index (Phi) is 10.9. The molecule has 3 rings (SSSR count). The van der Waals surface area contributed by atoms with E-state index in [1.807, 2.05) is 36.5 Å². The third-order valence-corrected chi connectivity index (χ3v) is 5.13. The Morgan fingerprint density at radius 1 is 1.03 bits per heavy atom. The molecule has 0 radical (unpaired) electrons. The first-order valence-electron chi connectivity index (χ1n) is 10.3. The third kappa shape index (κ3) is 7.71. The van der Waals surface area contributed by atoms with E-state index >= 15 is 0 Å². The number of hydrogen-bond acceptors (Lipinski definition) is 4. The van der Waals surface area contributed by atoms with Gasteiger partial charge in [0.05, 0.1) is 5.69 Å². The lowest BCUT2D eigenvalue weighted by Crippen LogP contribution is -2.47. The molecule has 6 nitrogen and oxygen atoms in total. The molecule has 1 aliphatic rings. The fourth-order valence-electron chi connectivity index (χ4n) is 3.51. The number of guanidine groups is 1. The molecule has 0 spiro atoms. The van der Waals surface area contributed by atoms with Crippen molar-refractivity contribution in [3.05, 3.63) is 60.2 Å². The second-order valence-electron chi connectivity index (χ2n) is 7.13. The Bertz CT molecular complexity index is 765. The summed E-state index contributed by atoms with van der Waals surface area (Å²) in [5.41, 5.74) is 1.79. The molecule has 164 valence electrons. The van der Waals surface area contributed by atoms with E-state index in [9.17, 15) is 4.39 Å². The maximum atomic E-state index is 13.9. The van der Waals surface area contributed by atoms with Crippen LogP contribution in [0.25, 0.3) is 0 Å². The van der Waals surface area contributed by atoms with Gasteiger partial charge in [-0.3, -0.25) is 14.9 Å². The summed E-state index contributed by atoms with van der Waals surface area (Å²) in [4.78, 5) is 13.2. The fraction of sp³-hybridized carbons (Fsp3) is 0.455. The molecule has 8 heteroatoms. The molecule has 1 fully saturated rings. The number of hydrogen-bond donors (Lipinski definition) is 2. The number of piperazine rings is 1. The van der Waals surface area contributed by atoms with Gasteiger partial charge in [-0.25, -0.2) is 4.39 Å². The number of aromatic nitrogens is 1. The smallest absolute Gasteiger partial charge is 0.190 e. The molecule has 0 bridgehead atoms. The van der Waals surface area contributed by atoms with Gasteiger partial charge in [0.25, 0.3) is 0 Å². The first-order chi connectivity index (χ1) is 14.3. The van der Waals surface area contributed by atoms with Gasteiger partial charge in [0.1, 0.15) is 5.82 Å². The van der Waals surface area contributed by atoms with Crippen molar-refractivity contribution in [3.63, 3.8) is 0 Å². The number of nitrogens with zero attached hydrogens (tertiary/aromatic N) is 4. The molecule has 0 aliphatic carbocycles. The van der Waals surface area contributed by atoms with Crippen LogP contribution in [-0.2, 0) is 6.42 Å². The van der Waals surface area contributed by atoms with Crippen LogP contribution < -0.4 is 15.5 Å². The molecule has 1 aromatic heterocycles. The zero-order valence-electron chi connectivity index (χ0n) is 17.6. The van der Waals surface area contributed by atoms with Crippen LogP contribution >= 0.6 is 24.0 Å². The van der Waals surface area contributed by atoms with E-state index < -0.39 is 0 Å². The van der Waals surface area contributed by atoms with Crippen LogP contribution in [0.15, 0.2) is 53.7 Å². The number of anilines is 1. The Morgan fingerprint density at radius 2 is 1.77 bits per heavy atom. The molecule has 1 aromatic carbocycles. The summed E-state index contributed by atoms with van der Waals surface area (Å²) in [7, 11) is 1.79. The highest BCUT2D eigenvalue weighted by molar-refractivity contribution is 14.0. The largest absolute Gasteiger partial charge is 0.367 e.